The summed E-state index contributed by atoms with van der Waals surface area (Å²) in [6, 6.07) is 17.2. The average molecular weight is 394 g/mol. The van der Waals surface area contributed by atoms with E-state index < -0.39 is 0 Å². The molecule has 4 aromatic rings. The summed E-state index contributed by atoms with van der Waals surface area (Å²) >= 11 is 1.33. The Labute approximate surface area is 165 Å². The lowest BCUT2D eigenvalue weighted by Gasteiger charge is -2.11. The Morgan fingerprint density at radius 2 is 1.93 bits per heavy atom. The van der Waals surface area contributed by atoms with Crippen LogP contribution < -0.4 is 14.8 Å². The number of amides is 1. The number of benzene rings is 2. The zero-order chi connectivity index (χ0) is 19.5. The summed E-state index contributed by atoms with van der Waals surface area (Å²) in [6.45, 7) is 0. The predicted molar refractivity (Wildman–Crippen MR) is 109 cm³/mol. The van der Waals surface area contributed by atoms with Crippen LogP contribution in [0.15, 0.2) is 59.8 Å². The number of anilines is 1. The van der Waals surface area contributed by atoms with Gasteiger partial charge < -0.3 is 14.8 Å². The topological polar surface area (TPSA) is 77.8 Å². The predicted octanol–water partition coefficient (Wildman–Crippen LogP) is 3.63. The van der Waals surface area contributed by atoms with Crippen LogP contribution in [0.25, 0.3) is 16.6 Å². The summed E-state index contributed by atoms with van der Waals surface area (Å²) in [7, 11) is 3.13. The van der Waals surface area contributed by atoms with E-state index in [2.05, 4.69) is 15.5 Å². The lowest BCUT2D eigenvalue weighted by Crippen LogP contribution is -2.15. The lowest BCUT2D eigenvalue weighted by atomic mass is 10.2. The number of nitrogens with zero attached hydrogens (tertiary/aromatic N) is 3. The number of aromatic nitrogens is 3. The molecule has 0 saturated carbocycles. The molecule has 0 atom stereocenters. The van der Waals surface area contributed by atoms with Crippen molar-refractivity contribution in [1.29, 1.82) is 0 Å². The first kappa shape index (κ1) is 18.1. The van der Waals surface area contributed by atoms with Crippen LogP contribution in [0.3, 0.4) is 0 Å². The molecule has 4 rings (SSSR count). The third-order valence-corrected chi connectivity index (χ3v) is 5.19. The van der Waals surface area contributed by atoms with Crippen molar-refractivity contribution in [2.45, 2.75) is 5.16 Å². The highest BCUT2D eigenvalue weighted by Gasteiger charge is 2.13. The van der Waals surface area contributed by atoms with Crippen LogP contribution in [0.5, 0.6) is 11.5 Å². The number of thioether (sulfide) groups is 1. The number of pyridine rings is 1. The first-order valence-corrected chi connectivity index (χ1v) is 9.55. The number of carbonyl (C=O) groups excluding carboxylic acids is 1. The van der Waals surface area contributed by atoms with Crippen molar-refractivity contribution in [3.8, 4) is 11.5 Å². The van der Waals surface area contributed by atoms with Gasteiger partial charge in [0.05, 0.1) is 31.2 Å². The zero-order valence-electron chi connectivity index (χ0n) is 15.4. The molecule has 7 nitrogen and oxygen atoms in total. The summed E-state index contributed by atoms with van der Waals surface area (Å²) in [5, 5.41) is 13.1. The fraction of sp³-hybridized carbons (Fsp3) is 0.150. The molecule has 0 aliphatic heterocycles. The quantitative estimate of drug-likeness (QED) is 0.503. The second kappa shape index (κ2) is 7.77. The Morgan fingerprint density at radius 3 is 2.75 bits per heavy atom. The van der Waals surface area contributed by atoms with Crippen molar-refractivity contribution < 1.29 is 14.3 Å². The van der Waals surface area contributed by atoms with Crippen molar-refractivity contribution in [3.63, 3.8) is 0 Å². The van der Waals surface area contributed by atoms with Gasteiger partial charge in [0.1, 0.15) is 11.5 Å². The monoisotopic (exact) mass is 394 g/mol. The molecule has 0 fully saturated rings. The molecule has 28 heavy (non-hydrogen) atoms. The molecule has 142 valence electrons. The van der Waals surface area contributed by atoms with Crippen molar-refractivity contribution >= 4 is 39.9 Å². The van der Waals surface area contributed by atoms with Crippen LogP contribution in [-0.2, 0) is 4.79 Å². The van der Waals surface area contributed by atoms with E-state index in [1.54, 1.807) is 32.4 Å². The van der Waals surface area contributed by atoms with Gasteiger partial charge in [-0.15, -0.1) is 10.2 Å². The first-order valence-electron chi connectivity index (χ1n) is 8.57. The normalized spacial score (nSPS) is 10.9. The van der Waals surface area contributed by atoms with Crippen LogP contribution in [0.2, 0.25) is 0 Å². The van der Waals surface area contributed by atoms with Gasteiger partial charge in [0, 0.05) is 6.07 Å². The second-order valence-electron chi connectivity index (χ2n) is 5.97. The minimum absolute atomic E-state index is 0.173. The van der Waals surface area contributed by atoms with Crippen LogP contribution in [0.4, 0.5) is 5.69 Å². The van der Waals surface area contributed by atoms with Gasteiger partial charge >= 0.3 is 0 Å². The minimum atomic E-state index is -0.173. The van der Waals surface area contributed by atoms with E-state index in [1.165, 1.54) is 11.8 Å². The van der Waals surface area contributed by atoms with Gasteiger partial charge in [-0.2, -0.15) is 0 Å². The molecule has 1 amide bonds. The number of ether oxygens (including phenoxy) is 2. The molecular weight excluding hydrogens is 376 g/mol. The van der Waals surface area contributed by atoms with E-state index in [0.29, 0.717) is 22.3 Å². The van der Waals surface area contributed by atoms with Gasteiger partial charge in [-0.05, 0) is 35.7 Å². The molecule has 2 aromatic carbocycles. The second-order valence-corrected chi connectivity index (χ2v) is 6.91. The Morgan fingerprint density at radius 1 is 1.07 bits per heavy atom. The number of nitrogens with one attached hydrogen (secondary N) is 1. The largest absolute Gasteiger partial charge is 0.497 e. The molecule has 8 heteroatoms. The summed E-state index contributed by atoms with van der Waals surface area (Å²) in [5.74, 6) is 1.22. The van der Waals surface area contributed by atoms with Gasteiger partial charge in [0.25, 0.3) is 0 Å². The fourth-order valence-electron chi connectivity index (χ4n) is 2.93. The number of para-hydroxylation sites is 1. The van der Waals surface area contributed by atoms with Crippen molar-refractivity contribution in [2.75, 3.05) is 25.3 Å². The zero-order valence-corrected chi connectivity index (χ0v) is 16.2. The highest BCUT2D eigenvalue weighted by Crippen LogP contribution is 2.29. The molecule has 0 spiro atoms. The molecular formula is C20H18N4O3S. The Kier molecular flexibility index (Phi) is 5.03. The van der Waals surface area contributed by atoms with Gasteiger partial charge in [0.15, 0.2) is 10.8 Å². The van der Waals surface area contributed by atoms with E-state index in [4.69, 9.17) is 9.47 Å². The van der Waals surface area contributed by atoms with Crippen molar-refractivity contribution in [3.05, 3.63) is 54.6 Å². The minimum Gasteiger partial charge on any atom is -0.497 e. The van der Waals surface area contributed by atoms with Crippen LogP contribution >= 0.6 is 11.8 Å². The molecule has 2 aromatic heterocycles. The van der Waals surface area contributed by atoms with Crippen LogP contribution in [-0.4, -0.2) is 40.5 Å². The smallest absolute Gasteiger partial charge is 0.234 e. The van der Waals surface area contributed by atoms with Gasteiger partial charge in [-0.1, -0.05) is 30.0 Å². The lowest BCUT2D eigenvalue weighted by molar-refractivity contribution is -0.113. The highest BCUT2D eigenvalue weighted by atomic mass is 32.2. The SMILES string of the molecule is COc1ccc(OC)c(NC(=O)CSc2nnc3ccc4ccccc4n23)c1. The average Bonchev–Trinajstić information content (AvgIpc) is 3.16. The molecule has 0 radical (unpaired) electrons. The maximum Gasteiger partial charge on any atom is 0.234 e. The first-order chi connectivity index (χ1) is 13.7. The van der Waals surface area contributed by atoms with Gasteiger partial charge in [-0.25, -0.2) is 0 Å². The number of carbonyl (C=O) groups is 1. The number of methoxy groups -OCH3 is 2. The number of rotatable bonds is 6. The highest BCUT2D eigenvalue weighted by molar-refractivity contribution is 7.99. The van der Waals surface area contributed by atoms with E-state index in [9.17, 15) is 4.79 Å². The fourth-order valence-corrected chi connectivity index (χ4v) is 3.69. The maximum absolute atomic E-state index is 12.5. The van der Waals surface area contributed by atoms with E-state index in [-0.39, 0.29) is 11.7 Å². The van der Waals surface area contributed by atoms with E-state index in [0.717, 1.165) is 16.6 Å². The molecule has 0 bridgehead atoms. The molecule has 0 unspecified atom stereocenters. The Bertz CT molecular complexity index is 1160. The Hall–Kier alpha value is -3.26. The summed E-state index contributed by atoms with van der Waals surface area (Å²) in [5.41, 5.74) is 2.31. The summed E-state index contributed by atoms with van der Waals surface area (Å²) in [6.07, 6.45) is 0. The maximum atomic E-state index is 12.5. The van der Waals surface area contributed by atoms with Crippen LogP contribution in [0, 0.1) is 0 Å². The number of hydrogen-bond acceptors (Lipinski definition) is 6. The summed E-state index contributed by atoms with van der Waals surface area (Å²) < 4.78 is 12.5. The van der Waals surface area contributed by atoms with Gasteiger partial charge in [0.2, 0.25) is 5.91 Å². The molecule has 0 saturated heterocycles. The molecule has 0 aliphatic rings. The van der Waals surface area contributed by atoms with E-state index >= 15 is 0 Å². The van der Waals surface area contributed by atoms with Crippen molar-refractivity contribution in [2.24, 2.45) is 0 Å². The molecule has 1 N–H and O–H groups in total. The Balaban J connectivity index is 1.54. The standard InChI is InChI=1S/C20H18N4O3S/c1-26-14-8-9-17(27-2)15(11-14)21-19(25)12-28-20-23-22-18-10-7-13-5-3-4-6-16(13)24(18)20/h3-11H,12H2,1-2H3,(H,21,25). The van der Waals surface area contributed by atoms with E-state index in [1.807, 2.05) is 40.8 Å². The van der Waals surface area contributed by atoms with Gasteiger partial charge in [-0.3, -0.25) is 9.20 Å². The summed E-state index contributed by atoms with van der Waals surface area (Å²) in [4.78, 5) is 12.5. The third kappa shape index (κ3) is 3.46. The van der Waals surface area contributed by atoms with Crippen molar-refractivity contribution in [1.82, 2.24) is 14.6 Å². The number of fused-ring (bicyclic) bond motifs is 3. The third-order valence-electron chi connectivity index (χ3n) is 4.26. The van der Waals surface area contributed by atoms with Crippen LogP contribution in [0.1, 0.15) is 0 Å². The molecule has 0 aliphatic carbocycles. The molecule has 2 heterocycles. The number of hydrogen-bond donors (Lipinski definition) is 1.